The van der Waals surface area contributed by atoms with E-state index in [4.69, 9.17) is 0 Å². The largest absolute Gasteiger partial charge is 0.354 e. The predicted octanol–water partition coefficient (Wildman–Crippen LogP) is 2.81. The van der Waals surface area contributed by atoms with Crippen molar-refractivity contribution >= 4 is 5.95 Å². The number of hydrogen-bond donors (Lipinski definition) is 1. The molecule has 0 aliphatic rings. The van der Waals surface area contributed by atoms with E-state index >= 15 is 0 Å². The Labute approximate surface area is 105 Å². The molecular weight excluding hydrogens is 231 g/mol. The first kappa shape index (κ1) is 12.4. The zero-order valence-corrected chi connectivity index (χ0v) is 10.4. The molecule has 0 fully saturated rings. The standard InChI is InChI=1S/C13H15FN4/c1-3-5-16-13-17-9(2)7-12(18-13)10-4-6-15-8-11(10)14/h4,6-8H,3,5H2,1-2H3,(H,16,17,18). The molecule has 18 heavy (non-hydrogen) atoms. The zero-order chi connectivity index (χ0) is 13.0. The summed E-state index contributed by atoms with van der Waals surface area (Å²) in [5.74, 6) is 0.153. The van der Waals surface area contributed by atoms with Gasteiger partial charge >= 0.3 is 0 Å². The lowest BCUT2D eigenvalue weighted by Gasteiger charge is -2.07. The SMILES string of the molecule is CCCNc1nc(C)cc(-c2ccncc2F)n1. The van der Waals surface area contributed by atoms with Gasteiger partial charge in [0.25, 0.3) is 0 Å². The lowest BCUT2D eigenvalue weighted by Crippen LogP contribution is -2.06. The Bertz CT molecular complexity index is 542. The highest BCUT2D eigenvalue weighted by molar-refractivity contribution is 5.60. The van der Waals surface area contributed by atoms with Gasteiger partial charge in [-0.2, -0.15) is 0 Å². The second kappa shape index (κ2) is 5.53. The van der Waals surface area contributed by atoms with Crippen molar-refractivity contribution in [2.75, 3.05) is 11.9 Å². The van der Waals surface area contributed by atoms with Crippen LogP contribution >= 0.6 is 0 Å². The van der Waals surface area contributed by atoms with Crippen LogP contribution in [-0.4, -0.2) is 21.5 Å². The molecule has 1 N–H and O–H groups in total. The molecule has 94 valence electrons. The molecule has 0 spiro atoms. The maximum atomic E-state index is 13.6. The van der Waals surface area contributed by atoms with Gasteiger partial charge in [-0.15, -0.1) is 0 Å². The Balaban J connectivity index is 2.39. The summed E-state index contributed by atoms with van der Waals surface area (Å²) in [5, 5.41) is 3.10. The first-order valence-corrected chi connectivity index (χ1v) is 5.90. The molecule has 0 amide bonds. The van der Waals surface area contributed by atoms with E-state index in [0.717, 1.165) is 18.7 Å². The second-order valence-electron chi connectivity index (χ2n) is 4.00. The first-order valence-electron chi connectivity index (χ1n) is 5.90. The smallest absolute Gasteiger partial charge is 0.223 e. The molecule has 0 radical (unpaired) electrons. The topological polar surface area (TPSA) is 50.7 Å². The van der Waals surface area contributed by atoms with Gasteiger partial charge in [0.2, 0.25) is 5.95 Å². The Morgan fingerprint density at radius 1 is 1.33 bits per heavy atom. The number of rotatable bonds is 4. The molecule has 2 heterocycles. The summed E-state index contributed by atoms with van der Waals surface area (Å²) in [7, 11) is 0. The summed E-state index contributed by atoms with van der Waals surface area (Å²) in [6.45, 7) is 4.72. The van der Waals surface area contributed by atoms with Gasteiger partial charge in [0.15, 0.2) is 5.82 Å². The molecule has 0 saturated carbocycles. The van der Waals surface area contributed by atoms with E-state index in [9.17, 15) is 4.39 Å². The van der Waals surface area contributed by atoms with E-state index in [2.05, 4.69) is 27.2 Å². The minimum Gasteiger partial charge on any atom is -0.354 e. The summed E-state index contributed by atoms with van der Waals surface area (Å²) in [6, 6.07) is 3.37. The van der Waals surface area contributed by atoms with Gasteiger partial charge in [-0.3, -0.25) is 4.98 Å². The Morgan fingerprint density at radius 2 is 2.17 bits per heavy atom. The third-order valence-corrected chi connectivity index (χ3v) is 2.44. The van der Waals surface area contributed by atoms with Crippen molar-refractivity contribution in [1.29, 1.82) is 0 Å². The fourth-order valence-electron chi connectivity index (χ4n) is 1.61. The number of hydrogen-bond acceptors (Lipinski definition) is 4. The van der Waals surface area contributed by atoms with Crippen molar-refractivity contribution in [2.45, 2.75) is 20.3 Å². The van der Waals surface area contributed by atoms with Crippen LogP contribution in [0.15, 0.2) is 24.5 Å². The van der Waals surface area contributed by atoms with E-state index in [-0.39, 0.29) is 5.82 Å². The third kappa shape index (κ3) is 2.80. The van der Waals surface area contributed by atoms with Crippen molar-refractivity contribution in [3.8, 4) is 11.3 Å². The number of nitrogens with zero attached hydrogens (tertiary/aromatic N) is 3. The van der Waals surface area contributed by atoms with Gasteiger partial charge in [-0.25, -0.2) is 14.4 Å². The predicted molar refractivity (Wildman–Crippen MR) is 68.7 cm³/mol. The van der Waals surface area contributed by atoms with Crippen molar-refractivity contribution in [3.05, 3.63) is 36.0 Å². The van der Waals surface area contributed by atoms with Crippen molar-refractivity contribution in [2.24, 2.45) is 0 Å². The average Bonchev–Trinajstić information content (AvgIpc) is 2.36. The minimum absolute atomic E-state index is 0.378. The first-order chi connectivity index (χ1) is 8.70. The van der Waals surface area contributed by atoms with E-state index in [1.165, 1.54) is 6.20 Å². The summed E-state index contributed by atoms with van der Waals surface area (Å²) in [5.41, 5.74) is 1.81. The zero-order valence-electron chi connectivity index (χ0n) is 10.4. The normalized spacial score (nSPS) is 10.4. The molecule has 0 aromatic carbocycles. The quantitative estimate of drug-likeness (QED) is 0.901. The maximum Gasteiger partial charge on any atom is 0.223 e. The highest BCUT2D eigenvalue weighted by Gasteiger charge is 2.08. The monoisotopic (exact) mass is 246 g/mol. The molecule has 4 nitrogen and oxygen atoms in total. The lowest BCUT2D eigenvalue weighted by atomic mass is 10.1. The third-order valence-electron chi connectivity index (χ3n) is 2.44. The summed E-state index contributed by atoms with van der Waals surface area (Å²) in [4.78, 5) is 12.3. The Hall–Kier alpha value is -2.04. The van der Waals surface area contributed by atoms with E-state index in [1.54, 1.807) is 18.3 Å². The van der Waals surface area contributed by atoms with Crippen LogP contribution in [0.1, 0.15) is 19.0 Å². The number of pyridine rings is 1. The number of aryl methyl sites for hydroxylation is 1. The van der Waals surface area contributed by atoms with Crippen LogP contribution in [0.2, 0.25) is 0 Å². The average molecular weight is 246 g/mol. The van der Waals surface area contributed by atoms with Crippen LogP contribution in [0.4, 0.5) is 10.3 Å². The number of nitrogens with one attached hydrogen (secondary N) is 1. The summed E-state index contributed by atoms with van der Waals surface area (Å²) >= 11 is 0. The van der Waals surface area contributed by atoms with Crippen LogP contribution in [0.25, 0.3) is 11.3 Å². The highest BCUT2D eigenvalue weighted by Crippen LogP contribution is 2.21. The second-order valence-corrected chi connectivity index (χ2v) is 4.00. The van der Waals surface area contributed by atoms with Crippen molar-refractivity contribution in [1.82, 2.24) is 15.0 Å². The molecular formula is C13H15FN4. The van der Waals surface area contributed by atoms with Gasteiger partial charge in [0.05, 0.1) is 11.9 Å². The molecule has 0 bridgehead atoms. The highest BCUT2D eigenvalue weighted by atomic mass is 19.1. The van der Waals surface area contributed by atoms with Crippen LogP contribution in [-0.2, 0) is 0 Å². The molecule has 5 heteroatoms. The van der Waals surface area contributed by atoms with Crippen LogP contribution in [0.3, 0.4) is 0 Å². The summed E-state index contributed by atoms with van der Waals surface area (Å²) < 4.78 is 13.6. The molecule has 0 atom stereocenters. The molecule has 2 aromatic heterocycles. The van der Waals surface area contributed by atoms with Crippen molar-refractivity contribution < 1.29 is 4.39 Å². The van der Waals surface area contributed by atoms with Gasteiger partial charge in [-0.1, -0.05) is 6.92 Å². The van der Waals surface area contributed by atoms with E-state index in [1.807, 2.05) is 6.92 Å². The Morgan fingerprint density at radius 3 is 2.89 bits per heavy atom. The van der Waals surface area contributed by atoms with Gasteiger partial charge in [0, 0.05) is 24.0 Å². The van der Waals surface area contributed by atoms with Crippen LogP contribution in [0, 0.1) is 12.7 Å². The van der Waals surface area contributed by atoms with Crippen LogP contribution in [0.5, 0.6) is 0 Å². The fraction of sp³-hybridized carbons (Fsp3) is 0.308. The fourth-order valence-corrected chi connectivity index (χ4v) is 1.61. The summed E-state index contributed by atoms with van der Waals surface area (Å²) in [6.07, 6.45) is 3.72. The lowest BCUT2D eigenvalue weighted by molar-refractivity contribution is 0.624. The molecule has 0 unspecified atom stereocenters. The van der Waals surface area contributed by atoms with Gasteiger partial charge in [0.1, 0.15) is 0 Å². The van der Waals surface area contributed by atoms with Crippen molar-refractivity contribution in [3.63, 3.8) is 0 Å². The van der Waals surface area contributed by atoms with Crippen LogP contribution < -0.4 is 5.32 Å². The Kier molecular flexibility index (Phi) is 3.82. The molecule has 0 aliphatic carbocycles. The molecule has 0 aliphatic heterocycles. The molecule has 2 aromatic rings. The molecule has 0 saturated heterocycles. The maximum absolute atomic E-state index is 13.6. The number of aromatic nitrogens is 3. The van der Waals surface area contributed by atoms with Gasteiger partial charge < -0.3 is 5.32 Å². The number of anilines is 1. The van der Waals surface area contributed by atoms with E-state index in [0.29, 0.717) is 17.2 Å². The minimum atomic E-state index is -0.378. The van der Waals surface area contributed by atoms with E-state index < -0.39 is 0 Å². The van der Waals surface area contributed by atoms with Gasteiger partial charge in [-0.05, 0) is 25.5 Å². The number of halogens is 1. The molecule has 2 rings (SSSR count).